The van der Waals surface area contributed by atoms with E-state index in [-0.39, 0.29) is 11.6 Å². The maximum atomic E-state index is 11.4. The van der Waals surface area contributed by atoms with Crippen LogP contribution in [0.1, 0.15) is 53.4 Å². The maximum Gasteiger partial charge on any atom is 0.331 e. The molecule has 138 valence electrons. The molecule has 24 heavy (non-hydrogen) atoms. The van der Waals surface area contributed by atoms with E-state index < -0.39 is 0 Å². The Bertz CT molecular complexity index is 425. The van der Waals surface area contributed by atoms with Crippen LogP contribution in [0.5, 0.6) is 0 Å². The van der Waals surface area contributed by atoms with Crippen molar-refractivity contribution in [1.82, 2.24) is 0 Å². The highest BCUT2D eigenvalue weighted by molar-refractivity contribution is 7.80. The van der Waals surface area contributed by atoms with Crippen molar-refractivity contribution < 1.29 is 14.3 Å². The van der Waals surface area contributed by atoms with E-state index in [4.69, 9.17) is 9.47 Å². The van der Waals surface area contributed by atoms with E-state index in [2.05, 4.69) is 46.1 Å². The second-order valence-corrected chi connectivity index (χ2v) is 7.22. The van der Waals surface area contributed by atoms with E-state index >= 15 is 0 Å². The molecule has 0 aliphatic rings. The van der Waals surface area contributed by atoms with Crippen molar-refractivity contribution in [2.24, 2.45) is 5.92 Å². The third kappa shape index (κ3) is 13.4. The summed E-state index contributed by atoms with van der Waals surface area (Å²) in [5.41, 5.74) is 0.821. The fourth-order valence-corrected chi connectivity index (χ4v) is 2.35. The Labute approximate surface area is 153 Å². The highest BCUT2D eigenvalue weighted by Gasteiger charge is 2.17. The molecular formula is C20H34O3S. The van der Waals surface area contributed by atoms with Gasteiger partial charge in [0.2, 0.25) is 0 Å². The molecular weight excluding hydrogens is 320 g/mol. The minimum Gasteiger partial charge on any atom is -0.462 e. The number of hydrogen-bond donors (Lipinski definition) is 1. The molecule has 0 aliphatic heterocycles. The number of ether oxygens (including phenoxy) is 2. The summed E-state index contributed by atoms with van der Waals surface area (Å²) in [4.78, 5) is 11.4. The summed E-state index contributed by atoms with van der Waals surface area (Å²) in [6, 6.07) is 0. The van der Waals surface area contributed by atoms with E-state index in [0.717, 1.165) is 31.3 Å². The van der Waals surface area contributed by atoms with Crippen LogP contribution in [0, 0.1) is 5.92 Å². The highest BCUT2D eigenvalue weighted by Crippen LogP contribution is 2.21. The summed E-state index contributed by atoms with van der Waals surface area (Å²) >= 11 is 4.00. The molecule has 0 N–H and O–H groups in total. The molecule has 0 aromatic rings. The quantitative estimate of drug-likeness (QED) is 0.163. The average Bonchev–Trinajstić information content (AvgIpc) is 2.50. The maximum absolute atomic E-state index is 11.4. The topological polar surface area (TPSA) is 35.5 Å². The Morgan fingerprint density at radius 2 is 2.08 bits per heavy atom. The van der Waals surface area contributed by atoms with Crippen LogP contribution in [-0.4, -0.2) is 30.5 Å². The minimum absolute atomic E-state index is 0.0869. The van der Waals surface area contributed by atoms with Gasteiger partial charge in [-0.25, -0.2) is 4.79 Å². The zero-order valence-electron chi connectivity index (χ0n) is 15.7. The van der Waals surface area contributed by atoms with Gasteiger partial charge in [-0.15, -0.1) is 6.58 Å². The largest absolute Gasteiger partial charge is 0.462 e. The molecule has 0 spiro atoms. The Morgan fingerprint density at radius 1 is 1.38 bits per heavy atom. The molecule has 0 rings (SSSR count). The number of esters is 1. The molecule has 0 aliphatic carbocycles. The molecule has 0 saturated heterocycles. The summed E-state index contributed by atoms with van der Waals surface area (Å²) < 4.78 is 10.7. The van der Waals surface area contributed by atoms with E-state index in [9.17, 15) is 4.79 Å². The van der Waals surface area contributed by atoms with E-state index in [1.54, 1.807) is 6.08 Å². The van der Waals surface area contributed by atoms with Gasteiger partial charge in [-0.3, -0.25) is 0 Å². The van der Waals surface area contributed by atoms with Crippen LogP contribution in [0.15, 0.2) is 36.5 Å². The van der Waals surface area contributed by atoms with Gasteiger partial charge in [0.25, 0.3) is 0 Å². The van der Waals surface area contributed by atoms with Crippen LogP contribution in [-0.2, 0) is 14.3 Å². The highest BCUT2D eigenvalue weighted by atomic mass is 32.1. The monoisotopic (exact) mass is 354 g/mol. The number of allylic oxidation sites excluding steroid dienone is 3. The first-order valence-electron chi connectivity index (χ1n) is 8.68. The summed E-state index contributed by atoms with van der Waals surface area (Å²) in [5.74, 6) is 0.850. The van der Waals surface area contributed by atoms with Gasteiger partial charge < -0.3 is 9.47 Å². The lowest BCUT2D eigenvalue weighted by atomic mass is 9.94. The fourth-order valence-electron chi connectivity index (χ4n) is 2.26. The number of carbonyl (C=O) groups is 1. The number of thiol groups is 1. The van der Waals surface area contributed by atoms with Crippen LogP contribution >= 0.6 is 12.6 Å². The third-order valence-electron chi connectivity index (χ3n) is 3.67. The Kier molecular flexibility index (Phi) is 12.8. The summed E-state index contributed by atoms with van der Waals surface area (Å²) in [6.45, 7) is 13.0. The summed E-state index contributed by atoms with van der Waals surface area (Å²) in [5, 5.41) is 0. The lowest BCUT2D eigenvalue weighted by molar-refractivity contribution is -0.137. The number of rotatable bonds is 13. The molecule has 0 saturated carbocycles. The second-order valence-electron chi connectivity index (χ2n) is 6.77. The second kappa shape index (κ2) is 13.3. The first-order valence-corrected chi connectivity index (χ1v) is 9.31. The Hall–Kier alpha value is -1.00. The third-order valence-corrected chi connectivity index (χ3v) is 3.85. The fraction of sp³-hybridized carbons (Fsp3) is 0.650. The van der Waals surface area contributed by atoms with Crippen LogP contribution in [0.4, 0.5) is 0 Å². The summed E-state index contributed by atoms with van der Waals surface area (Å²) in [7, 11) is 0. The molecule has 0 amide bonds. The summed E-state index contributed by atoms with van der Waals surface area (Å²) in [6.07, 6.45) is 11.8. The first kappa shape index (κ1) is 23.0. The first-order chi connectivity index (χ1) is 11.3. The molecule has 0 aromatic carbocycles. The average molecular weight is 355 g/mol. The van der Waals surface area contributed by atoms with Crippen molar-refractivity contribution in [2.75, 3.05) is 19.0 Å². The van der Waals surface area contributed by atoms with Crippen molar-refractivity contribution in [3.05, 3.63) is 36.5 Å². The predicted octanol–water partition coefficient (Wildman–Crippen LogP) is 5.14. The van der Waals surface area contributed by atoms with Gasteiger partial charge in [-0.05, 0) is 45.1 Å². The molecule has 0 heterocycles. The van der Waals surface area contributed by atoms with Gasteiger partial charge in [-0.1, -0.05) is 38.0 Å². The van der Waals surface area contributed by atoms with E-state index in [1.165, 1.54) is 6.08 Å². The van der Waals surface area contributed by atoms with Crippen molar-refractivity contribution >= 4 is 18.6 Å². The molecule has 0 fully saturated rings. The molecule has 1 atom stereocenters. The molecule has 1 unspecified atom stereocenters. The van der Waals surface area contributed by atoms with Gasteiger partial charge in [0.1, 0.15) is 6.61 Å². The predicted molar refractivity (Wildman–Crippen MR) is 106 cm³/mol. The van der Waals surface area contributed by atoms with Crippen LogP contribution in [0.25, 0.3) is 0 Å². The van der Waals surface area contributed by atoms with Crippen LogP contribution < -0.4 is 0 Å². The van der Waals surface area contributed by atoms with Crippen molar-refractivity contribution in [3.8, 4) is 0 Å². The Balaban J connectivity index is 4.03. The van der Waals surface area contributed by atoms with Gasteiger partial charge >= 0.3 is 5.97 Å². The smallest absolute Gasteiger partial charge is 0.331 e. The van der Waals surface area contributed by atoms with Gasteiger partial charge in [0.05, 0.1) is 12.2 Å². The Morgan fingerprint density at radius 3 is 2.71 bits per heavy atom. The molecule has 4 heteroatoms. The molecule has 0 aromatic heterocycles. The van der Waals surface area contributed by atoms with E-state index in [1.807, 2.05) is 13.0 Å². The lowest BCUT2D eigenvalue weighted by Gasteiger charge is -2.25. The van der Waals surface area contributed by atoms with Crippen molar-refractivity contribution in [2.45, 2.75) is 59.0 Å². The van der Waals surface area contributed by atoms with Gasteiger partial charge in [0, 0.05) is 11.8 Å². The molecule has 0 radical (unpaired) electrons. The molecule has 0 bridgehead atoms. The van der Waals surface area contributed by atoms with Crippen molar-refractivity contribution in [3.63, 3.8) is 0 Å². The van der Waals surface area contributed by atoms with Crippen LogP contribution in [0.3, 0.4) is 0 Å². The zero-order chi connectivity index (χ0) is 18.4. The SMILES string of the molecule is C=CCOC(C)(C)CCCC(C)CC=CC(C)=CC(=O)OCCS. The van der Waals surface area contributed by atoms with E-state index in [0.29, 0.717) is 24.9 Å². The van der Waals surface area contributed by atoms with Gasteiger partial charge in [0.15, 0.2) is 0 Å². The standard InChI is InChI=1S/C20H34O3S/c1-6-13-23-20(4,5)12-8-11-17(2)9-7-10-18(3)16-19(21)22-14-15-24/h6-7,10,16-17,24H,1,8-9,11-15H2,2-5H3. The lowest BCUT2D eigenvalue weighted by Crippen LogP contribution is -2.24. The van der Waals surface area contributed by atoms with Crippen LogP contribution in [0.2, 0.25) is 0 Å². The number of carbonyl (C=O) groups excluding carboxylic acids is 1. The van der Waals surface area contributed by atoms with Gasteiger partial charge in [-0.2, -0.15) is 12.6 Å². The van der Waals surface area contributed by atoms with Crippen molar-refractivity contribution in [1.29, 1.82) is 0 Å². The normalized spacial score (nSPS) is 14.0. The zero-order valence-corrected chi connectivity index (χ0v) is 16.6. The minimum atomic E-state index is -0.305. The number of hydrogen-bond acceptors (Lipinski definition) is 4. The molecule has 3 nitrogen and oxygen atoms in total.